The largest absolute Gasteiger partial charge is 0.352 e. The molecular weight excluding hydrogens is 500 g/mol. The number of aromatic nitrogens is 4. The van der Waals surface area contributed by atoms with Gasteiger partial charge in [0.15, 0.2) is 5.65 Å². The monoisotopic (exact) mass is 534 g/mol. The van der Waals surface area contributed by atoms with E-state index in [2.05, 4.69) is 16.9 Å². The number of nitrogens with zero attached hydrogens (tertiary/aromatic N) is 6. The molecule has 0 bridgehead atoms. The SMILES string of the molecule is Cc1ccc(C(=O)N(CCN(C)C)[C@H](C)CCc2nc3c(Cl)c(C)nn3c(=O)n2Cc2ccccc2)cc1. The van der Waals surface area contributed by atoms with Crippen LogP contribution in [-0.4, -0.2) is 68.1 Å². The van der Waals surface area contributed by atoms with Crippen molar-refractivity contribution in [2.75, 3.05) is 27.2 Å². The second-order valence-electron chi connectivity index (χ2n) is 10.1. The van der Waals surface area contributed by atoms with E-state index in [0.29, 0.717) is 53.7 Å². The normalized spacial score (nSPS) is 12.3. The number of aryl methyl sites for hydroxylation is 3. The minimum absolute atomic E-state index is 0.00102. The first-order valence-corrected chi connectivity index (χ1v) is 13.2. The highest BCUT2D eigenvalue weighted by Gasteiger charge is 2.23. The smallest absolute Gasteiger partial charge is 0.335 e. The van der Waals surface area contributed by atoms with Crippen LogP contribution >= 0.6 is 11.6 Å². The summed E-state index contributed by atoms with van der Waals surface area (Å²) in [6.07, 6.45) is 1.13. The van der Waals surface area contributed by atoms with Crippen LogP contribution < -0.4 is 5.69 Å². The molecule has 0 N–H and O–H groups in total. The first kappa shape index (κ1) is 27.5. The van der Waals surface area contributed by atoms with Gasteiger partial charge in [0.1, 0.15) is 10.8 Å². The van der Waals surface area contributed by atoms with E-state index in [4.69, 9.17) is 16.6 Å². The molecule has 4 aromatic rings. The number of carbonyl (C=O) groups excluding carboxylic acids is 1. The lowest BCUT2D eigenvalue weighted by Gasteiger charge is -2.31. The lowest BCUT2D eigenvalue weighted by molar-refractivity contribution is 0.0669. The maximum Gasteiger partial charge on any atom is 0.352 e. The molecule has 0 aliphatic rings. The highest BCUT2D eigenvalue weighted by molar-refractivity contribution is 6.34. The molecule has 2 aromatic heterocycles. The van der Waals surface area contributed by atoms with E-state index in [9.17, 15) is 9.59 Å². The Morgan fingerprint density at radius 2 is 1.71 bits per heavy atom. The van der Waals surface area contributed by atoms with Gasteiger partial charge < -0.3 is 9.80 Å². The fourth-order valence-corrected chi connectivity index (χ4v) is 4.59. The molecule has 0 spiro atoms. The predicted molar refractivity (Wildman–Crippen MR) is 151 cm³/mol. The minimum atomic E-state index is -0.281. The number of halogens is 1. The van der Waals surface area contributed by atoms with Crippen LogP contribution in [0.15, 0.2) is 59.4 Å². The number of amides is 1. The van der Waals surface area contributed by atoms with Gasteiger partial charge in [0.25, 0.3) is 5.91 Å². The quantitative estimate of drug-likeness (QED) is 0.304. The summed E-state index contributed by atoms with van der Waals surface area (Å²) >= 11 is 6.45. The Kier molecular flexibility index (Phi) is 8.64. The third-order valence-electron chi connectivity index (χ3n) is 6.77. The molecule has 38 heavy (non-hydrogen) atoms. The summed E-state index contributed by atoms with van der Waals surface area (Å²) in [5, 5.41) is 4.69. The van der Waals surface area contributed by atoms with Gasteiger partial charge in [0.2, 0.25) is 0 Å². The maximum atomic E-state index is 13.5. The molecule has 4 rings (SSSR count). The van der Waals surface area contributed by atoms with Crippen LogP contribution in [0.25, 0.3) is 5.65 Å². The molecule has 200 valence electrons. The Hall–Kier alpha value is -3.49. The first-order chi connectivity index (χ1) is 18.2. The van der Waals surface area contributed by atoms with Gasteiger partial charge in [-0.15, -0.1) is 0 Å². The van der Waals surface area contributed by atoms with Gasteiger partial charge >= 0.3 is 5.69 Å². The Balaban J connectivity index is 1.64. The van der Waals surface area contributed by atoms with E-state index >= 15 is 0 Å². The van der Waals surface area contributed by atoms with Gasteiger partial charge in [-0.25, -0.2) is 9.78 Å². The highest BCUT2D eigenvalue weighted by atomic mass is 35.5. The highest BCUT2D eigenvalue weighted by Crippen LogP contribution is 2.20. The van der Waals surface area contributed by atoms with Crippen molar-refractivity contribution >= 4 is 23.2 Å². The Morgan fingerprint density at radius 3 is 2.37 bits per heavy atom. The van der Waals surface area contributed by atoms with Crippen LogP contribution in [0, 0.1) is 13.8 Å². The molecule has 8 nitrogen and oxygen atoms in total. The molecule has 0 fully saturated rings. The number of hydrogen-bond donors (Lipinski definition) is 0. The molecule has 0 unspecified atom stereocenters. The van der Waals surface area contributed by atoms with E-state index in [1.807, 2.05) is 80.5 Å². The minimum Gasteiger partial charge on any atom is -0.335 e. The molecule has 1 atom stereocenters. The standard InChI is InChI=1S/C29H35ClN6O2/c1-20-11-14-24(15-12-20)28(37)34(18-17-33(4)5)21(2)13-16-25-31-27-26(30)22(3)32-36(27)29(38)35(25)19-23-9-7-6-8-10-23/h6-12,14-15,21H,13,16-19H2,1-5H3/t21-/m1/s1. The van der Waals surface area contributed by atoms with Crippen molar-refractivity contribution in [3.8, 4) is 0 Å². The van der Waals surface area contributed by atoms with Crippen LogP contribution in [0.3, 0.4) is 0 Å². The third-order valence-corrected chi connectivity index (χ3v) is 7.21. The van der Waals surface area contributed by atoms with Crippen molar-refractivity contribution in [3.05, 3.63) is 98.3 Å². The van der Waals surface area contributed by atoms with Gasteiger partial charge in [-0.05, 0) is 59.0 Å². The molecule has 0 radical (unpaired) electrons. The summed E-state index contributed by atoms with van der Waals surface area (Å²) in [6, 6.07) is 17.4. The number of fused-ring (bicyclic) bond motifs is 1. The molecule has 0 aliphatic heterocycles. The number of benzene rings is 2. The zero-order chi connectivity index (χ0) is 27.4. The zero-order valence-corrected chi connectivity index (χ0v) is 23.4. The number of carbonyl (C=O) groups is 1. The van der Waals surface area contributed by atoms with Crippen LogP contribution in [0.2, 0.25) is 5.02 Å². The maximum absolute atomic E-state index is 13.5. The summed E-state index contributed by atoms with van der Waals surface area (Å²) in [5.74, 6) is 0.620. The average Bonchev–Trinajstić information content (AvgIpc) is 3.19. The molecule has 1 amide bonds. The summed E-state index contributed by atoms with van der Waals surface area (Å²) in [5.41, 5.74) is 3.41. The molecule has 9 heteroatoms. The second-order valence-corrected chi connectivity index (χ2v) is 10.5. The molecule has 2 heterocycles. The molecular formula is C29H35ClN6O2. The third kappa shape index (κ3) is 6.14. The molecule has 2 aromatic carbocycles. The lowest BCUT2D eigenvalue weighted by atomic mass is 10.1. The van der Waals surface area contributed by atoms with Gasteiger partial charge in [-0.2, -0.15) is 9.61 Å². The van der Waals surface area contributed by atoms with Gasteiger partial charge in [0, 0.05) is 31.1 Å². The van der Waals surface area contributed by atoms with Gasteiger partial charge in [-0.1, -0.05) is 59.6 Å². The lowest BCUT2D eigenvalue weighted by Crippen LogP contribution is -2.43. The summed E-state index contributed by atoms with van der Waals surface area (Å²) < 4.78 is 2.93. The fraction of sp³-hybridized carbons (Fsp3) is 0.379. The van der Waals surface area contributed by atoms with E-state index < -0.39 is 0 Å². The first-order valence-electron chi connectivity index (χ1n) is 12.9. The van der Waals surface area contributed by atoms with Gasteiger partial charge in [-0.3, -0.25) is 9.36 Å². The van der Waals surface area contributed by atoms with Crippen molar-refractivity contribution in [3.63, 3.8) is 0 Å². The van der Waals surface area contributed by atoms with Crippen molar-refractivity contribution in [1.82, 2.24) is 29.0 Å². The van der Waals surface area contributed by atoms with E-state index in [1.54, 1.807) is 11.5 Å². The van der Waals surface area contributed by atoms with Crippen LogP contribution in [-0.2, 0) is 13.0 Å². The van der Waals surface area contributed by atoms with E-state index in [1.165, 1.54) is 4.52 Å². The van der Waals surface area contributed by atoms with Gasteiger partial charge in [0.05, 0.1) is 12.2 Å². The summed E-state index contributed by atoms with van der Waals surface area (Å²) in [4.78, 5) is 35.8. The summed E-state index contributed by atoms with van der Waals surface area (Å²) in [6.45, 7) is 7.53. The average molecular weight is 535 g/mol. The molecule has 0 saturated heterocycles. The van der Waals surface area contributed by atoms with E-state index in [-0.39, 0.29) is 17.6 Å². The second kappa shape index (κ2) is 11.9. The fourth-order valence-electron chi connectivity index (χ4n) is 4.43. The molecule has 0 aliphatic carbocycles. The van der Waals surface area contributed by atoms with Crippen LogP contribution in [0.1, 0.15) is 46.3 Å². The number of hydrogen-bond acceptors (Lipinski definition) is 5. The number of likely N-dealkylation sites (N-methyl/N-ethyl adjacent to an activating group) is 1. The van der Waals surface area contributed by atoms with E-state index in [0.717, 1.165) is 17.7 Å². The summed E-state index contributed by atoms with van der Waals surface area (Å²) in [7, 11) is 4.00. The Morgan fingerprint density at radius 1 is 1.03 bits per heavy atom. The predicted octanol–water partition coefficient (Wildman–Crippen LogP) is 4.23. The zero-order valence-electron chi connectivity index (χ0n) is 22.7. The Labute approximate surface area is 228 Å². The van der Waals surface area contributed by atoms with Crippen LogP contribution in [0.5, 0.6) is 0 Å². The molecule has 0 saturated carbocycles. The van der Waals surface area contributed by atoms with Crippen molar-refractivity contribution < 1.29 is 4.79 Å². The topological polar surface area (TPSA) is 75.7 Å². The van der Waals surface area contributed by atoms with Crippen LogP contribution in [0.4, 0.5) is 0 Å². The Bertz CT molecular complexity index is 1460. The number of rotatable bonds is 10. The van der Waals surface area contributed by atoms with Crippen molar-refractivity contribution in [2.45, 2.75) is 46.2 Å². The van der Waals surface area contributed by atoms with Crippen molar-refractivity contribution in [1.29, 1.82) is 0 Å². The van der Waals surface area contributed by atoms with Crippen molar-refractivity contribution in [2.24, 2.45) is 0 Å².